The molecule has 0 aromatic rings. The molecule has 2 aliphatic rings. The fourth-order valence-electron chi connectivity index (χ4n) is 2.75. The summed E-state index contributed by atoms with van der Waals surface area (Å²) in [7, 11) is -2.96. The van der Waals surface area contributed by atoms with Crippen LogP contribution in [0.5, 0.6) is 0 Å². The normalized spacial score (nSPS) is 26.3. The third kappa shape index (κ3) is 3.09. The van der Waals surface area contributed by atoms with Crippen LogP contribution in [-0.4, -0.2) is 45.2 Å². The molecule has 0 radical (unpaired) electrons. The van der Waals surface area contributed by atoms with Crippen molar-refractivity contribution in [1.29, 1.82) is 0 Å². The van der Waals surface area contributed by atoms with Gasteiger partial charge in [-0.25, -0.2) is 12.7 Å². The van der Waals surface area contributed by atoms with Crippen molar-refractivity contribution in [3.05, 3.63) is 0 Å². The minimum atomic E-state index is -2.96. The highest BCUT2D eigenvalue weighted by Gasteiger charge is 2.37. The molecule has 0 atom stereocenters. The average molecular weight is 269 g/mol. The molecule has 0 aromatic heterocycles. The molecule has 96 valence electrons. The summed E-state index contributed by atoms with van der Waals surface area (Å²) in [6.07, 6.45) is 5.83. The SMILES string of the molecule is CS(=O)(=O)N1CCC2(CCNCC2)CC1.Cl. The van der Waals surface area contributed by atoms with Gasteiger partial charge in [-0.05, 0) is 44.2 Å². The molecule has 0 saturated carbocycles. The van der Waals surface area contributed by atoms with Crippen molar-refractivity contribution in [3.63, 3.8) is 0 Å². The van der Waals surface area contributed by atoms with Crippen LogP contribution < -0.4 is 5.32 Å². The number of sulfonamides is 1. The smallest absolute Gasteiger partial charge is 0.211 e. The third-order valence-corrected chi connectivity index (χ3v) is 5.22. The van der Waals surface area contributed by atoms with Crippen LogP contribution in [0.1, 0.15) is 25.7 Å². The van der Waals surface area contributed by atoms with E-state index in [0.717, 1.165) is 39.0 Å². The van der Waals surface area contributed by atoms with Crippen molar-refractivity contribution in [1.82, 2.24) is 9.62 Å². The molecule has 0 amide bonds. The Hall–Kier alpha value is 0.160. The van der Waals surface area contributed by atoms with Crippen LogP contribution in [0.2, 0.25) is 0 Å². The monoisotopic (exact) mass is 268 g/mol. The van der Waals surface area contributed by atoms with Crippen molar-refractivity contribution in [2.24, 2.45) is 5.41 Å². The van der Waals surface area contributed by atoms with Crippen LogP contribution >= 0.6 is 12.4 Å². The van der Waals surface area contributed by atoms with Gasteiger partial charge in [-0.1, -0.05) is 0 Å². The Morgan fingerprint density at radius 1 is 1.06 bits per heavy atom. The molecule has 16 heavy (non-hydrogen) atoms. The Morgan fingerprint density at radius 2 is 1.56 bits per heavy atom. The van der Waals surface area contributed by atoms with Crippen molar-refractivity contribution in [2.45, 2.75) is 25.7 Å². The first-order valence-corrected chi connectivity index (χ1v) is 7.53. The minimum absolute atomic E-state index is 0. The first kappa shape index (κ1) is 14.2. The molecule has 4 nitrogen and oxygen atoms in total. The minimum Gasteiger partial charge on any atom is -0.317 e. The first-order valence-electron chi connectivity index (χ1n) is 5.68. The molecule has 2 aliphatic heterocycles. The average Bonchev–Trinajstić information content (AvgIpc) is 2.18. The molecule has 1 spiro atoms. The summed E-state index contributed by atoms with van der Waals surface area (Å²) >= 11 is 0. The van der Waals surface area contributed by atoms with Gasteiger partial charge in [0.25, 0.3) is 0 Å². The van der Waals surface area contributed by atoms with E-state index < -0.39 is 10.0 Å². The predicted molar refractivity (Wildman–Crippen MR) is 67.4 cm³/mol. The second-order valence-corrected chi connectivity index (χ2v) is 6.89. The van der Waals surface area contributed by atoms with Gasteiger partial charge in [0.15, 0.2) is 0 Å². The van der Waals surface area contributed by atoms with E-state index in [9.17, 15) is 8.42 Å². The summed E-state index contributed by atoms with van der Waals surface area (Å²) in [5.41, 5.74) is 0.437. The lowest BCUT2D eigenvalue weighted by Crippen LogP contribution is -2.46. The molecule has 0 bridgehead atoms. The van der Waals surface area contributed by atoms with Gasteiger partial charge in [-0.3, -0.25) is 0 Å². The van der Waals surface area contributed by atoms with Gasteiger partial charge >= 0.3 is 0 Å². The maximum Gasteiger partial charge on any atom is 0.211 e. The van der Waals surface area contributed by atoms with E-state index in [4.69, 9.17) is 0 Å². The zero-order valence-electron chi connectivity index (χ0n) is 9.74. The Balaban J connectivity index is 0.00000128. The van der Waals surface area contributed by atoms with Gasteiger partial charge < -0.3 is 5.32 Å². The Morgan fingerprint density at radius 3 is 2.00 bits per heavy atom. The van der Waals surface area contributed by atoms with E-state index in [1.807, 2.05) is 0 Å². The van der Waals surface area contributed by atoms with E-state index in [-0.39, 0.29) is 12.4 Å². The number of nitrogens with zero attached hydrogens (tertiary/aromatic N) is 1. The van der Waals surface area contributed by atoms with E-state index in [2.05, 4.69) is 5.32 Å². The van der Waals surface area contributed by atoms with Gasteiger partial charge in [0, 0.05) is 13.1 Å². The van der Waals surface area contributed by atoms with Gasteiger partial charge in [0.05, 0.1) is 6.26 Å². The number of hydrogen-bond donors (Lipinski definition) is 1. The highest BCUT2D eigenvalue weighted by molar-refractivity contribution is 7.88. The van der Waals surface area contributed by atoms with Crippen LogP contribution in [0.15, 0.2) is 0 Å². The number of nitrogens with one attached hydrogen (secondary N) is 1. The van der Waals surface area contributed by atoms with Gasteiger partial charge in [0.2, 0.25) is 10.0 Å². The van der Waals surface area contributed by atoms with E-state index in [1.54, 1.807) is 4.31 Å². The molecule has 0 aromatic carbocycles. The van der Waals surface area contributed by atoms with Crippen LogP contribution in [0.3, 0.4) is 0 Å². The highest BCUT2D eigenvalue weighted by atomic mass is 35.5. The van der Waals surface area contributed by atoms with Crippen LogP contribution in [0.25, 0.3) is 0 Å². The lowest BCUT2D eigenvalue weighted by molar-refractivity contribution is 0.111. The van der Waals surface area contributed by atoms with Crippen LogP contribution in [-0.2, 0) is 10.0 Å². The summed E-state index contributed by atoms with van der Waals surface area (Å²) < 4.78 is 24.4. The molecule has 2 saturated heterocycles. The fourth-order valence-corrected chi connectivity index (χ4v) is 3.60. The molecule has 0 aliphatic carbocycles. The quantitative estimate of drug-likeness (QED) is 0.767. The summed E-state index contributed by atoms with van der Waals surface area (Å²) in [4.78, 5) is 0. The van der Waals surface area contributed by atoms with Gasteiger partial charge in [0.1, 0.15) is 0 Å². The lowest BCUT2D eigenvalue weighted by atomic mass is 9.72. The second-order valence-electron chi connectivity index (χ2n) is 4.91. The Bertz CT molecular complexity index is 316. The van der Waals surface area contributed by atoms with Gasteiger partial charge in [-0.2, -0.15) is 0 Å². The van der Waals surface area contributed by atoms with Crippen LogP contribution in [0, 0.1) is 5.41 Å². The Labute approximate surface area is 104 Å². The van der Waals surface area contributed by atoms with Crippen molar-refractivity contribution >= 4 is 22.4 Å². The highest BCUT2D eigenvalue weighted by Crippen LogP contribution is 2.39. The zero-order chi connectivity index (χ0) is 10.9. The van der Waals surface area contributed by atoms with Crippen molar-refractivity contribution in [3.8, 4) is 0 Å². The predicted octanol–water partition coefficient (Wildman–Crippen LogP) is 0.833. The number of halogens is 1. The topological polar surface area (TPSA) is 49.4 Å². The Kier molecular flexibility index (Phi) is 4.63. The molecule has 2 fully saturated rings. The summed E-state index contributed by atoms with van der Waals surface area (Å²) in [5.74, 6) is 0. The third-order valence-electron chi connectivity index (χ3n) is 3.92. The maximum absolute atomic E-state index is 11.4. The lowest BCUT2D eigenvalue weighted by Gasteiger charge is -2.43. The molecular formula is C10H21ClN2O2S. The van der Waals surface area contributed by atoms with Crippen molar-refractivity contribution in [2.75, 3.05) is 32.4 Å². The zero-order valence-corrected chi connectivity index (χ0v) is 11.4. The van der Waals surface area contributed by atoms with Gasteiger partial charge in [-0.15, -0.1) is 12.4 Å². The van der Waals surface area contributed by atoms with Crippen LogP contribution in [0.4, 0.5) is 0 Å². The number of hydrogen-bond acceptors (Lipinski definition) is 3. The molecule has 6 heteroatoms. The maximum atomic E-state index is 11.4. The standard InChI is InChI=1S/C10H20N2O2S.ClH/c1-15(13,14)12-8-4-10(5-9-12)2-6-11-7-3-10;/h11H,2-9H2,1H3;1H. The summed E-state index contributed by atoms with van der Waals surface area (Å²) in [6.45, 7) is 3.63. The van der Waals surface area contributed by atoms with E-state index >= 15 is 0 Å². The molecule has 0 unspecified atom stereocenters. The van der Waals surface area contributed by atoms with E-state index in [1.165, 1.54) is 19.1 Å². The molecule has 2 heterocycles. The molecular weight excluding hydrogens is 248 g/mol. The van der Waals surface area contributed by atoms with Crippen molar-refractivity contribution < 1.29 is 8.42 Å². The first-order chi connectivity index (χ1) is 7.02. The molecule has 1 N–H and O–H groups in total. The summed E-state index contributed by atoms with van der Waals surface area (Å²) in [5, 5.41) is 3.37. The summed E-state index contributed by atoms with van der Waals surface area (Å²) in [6, 6.07) is 0. The largest absolute Gasteiger partial charge is 0.317 e. The molecule has 2 rings (SSSR count). The number of piperidine rings is 2. The second kappa shape index (κ2) is 5.21. The fraction of sp³-hybridized carbons (Fsp3) is 1.00. The van der Waals surface area contributed by atoms with E-state index in [0.29, 0.717) is 5.41 Å². The number of rotatable bonds is 1.